The fourth-order valence-electron chi connectivity index (χ4n) is 2.32. The minimum Gasteiger partial charge on any atom is -0.455 e. The Kier molecular flexibility index (Phi) is 5.52. The lowest BCUT2D eigenvalue weighted by Crippen LogP contribution is -2.21. The van der Waals surface area contributed by atoms with Gasteiger partial charge in [0.15, 0.2) is 12.4 Å². The highest BCUT2D eigenvalue weighted by molar-refractivity contribution is 7.99. The maximum absolute atomic E-state index is 11.8. The van der Waals surface area contributed by atoms with Crippen LogP contribution in [0.15, 0.2) is 45.9 Å². The molecule has 8 heteroatoms. The number of aromatic nitrogens is 2. The molecule has 26 heavy (non-hydrogen) atoms. The van der Waals surface area contributed by atoms with Crippen LogP contribution in [0.25, 0.3) is 10.9 Å². The lowest BCUT2D eigenvalue weighted by atomic mass is 10.1. The number of pyridine rings is 1. The number of nitrogens with one attached hydrogen (secondary N) is 1. The fraction of sp³-hybridized carbons (Fsp3) is 0.222. The molecule has 0 radical (unpaired) electrons. The largest absolute Gasteiger partial charge is 0.455 e. The summed E-state index contributed by atoms with van der Waals surface area (Å²) in [5, 5.41) is 7.93. The van der Waals surface area contributed by atoms with Crippen molar-refractivity contribution in [3.63, 3.8) is 0 Å². The van der Waals surface area contributed by atoms with Crippen LogP contribution in [-0.4, -0.2) is 34.4 Å². The number of nitrogens with zero attached hydrogens (tertiary/aromatic N) is 2. The van der Waals surface area contributed by atoms with E-state index >= 15 is 0 Å². The molecule has 3 aromatic rings. The molecule has 1 aromatic carbocycles. The first-order chi connectivity index (χ1) is 12.5. The van der Waals surface area contributed by atoms with Crippen LogP contribution in [0, 0.1) is 13.8 Å². The summed E-state index contributed by atoms with van der Waals surface area (Å²) >= 11 is 1.27. The first-order valence-corrected chi connectivity index (χ1v) is 8.88. The van der Waals surface area contributed by atoms with Gasteiger partial charge in [-0.05, 0) is 31.5 Å². The molecule has 7 nitrogen and oxygen atoms in total. The van der Waals surface area contributed by atoms with Crippen LogP contribution in [0.2, 0.25) is 0 Å². The van der Waals surface area contributed by atoms with Gasteiger partial charge in [0, 0.05) is 11.5 Å². The van der Waals surface area contributed by atoms with Crippen LogP contribution >= 0.6 is 11.8 Å². The first kappa shape index (κ1) is 17.9. The van der Waals surface area contributed by atoms with Crippen LogP contribution in [0.1, 0.15) is 11.3 Å². The minimum absolute atomic E-state index is 0.0706. The van der Waals surface area contributed by atoms with Gasteiger partial charge in [-0.3, -0.25) is 9.59 Å². The number of hydrogen-bond donors (Lipinski definition) is 1. The van der Waals surface area contributed by atoms with Crippen molar-refractivity contribution >= 4 is 40.4 Å². The summed E-state index contributed by atoms with van der Waals surface area (Å²) in [6, 6.07) is 11.3. The van der Waals surface area contributed by atoms with Gasteiger partial charge in [-0.15, -0.1) is 0 Å². The number of benzene rings is 1. The average molecular weight is 371 g/mol. The number of thioether (sulfide) groups is 1. The van der Waals surface area contributed by atoms with Gasteiger partial charge in [0.2, 0.25) is 0 Å². The number of amides is 1. The van der Waals surface area contributed by atoms with E-state index in [2.05, 4.69) is 15.5 Å². The van der Waals surface area contributed by atoms with Crippen molar-refractivity contribution in [2.45, 2.75) is 18.9 Å². The summed E-state index contributed by atoms with van der Waals surface area (Å²) < 4.78 is 9.80. The molecule has 0 spiro atoms. The third-order valence-corrected chi connectivity index (χ3v) is 4.38. The van der Waals surface area contributed by atoms with Crippen LogP contribution in [0.3, 0.4) is 0 Å². The Hall–Kier alpha value is -2.87. The van der Waals surface area contributed by atoms with E-state index in [-0.39, 0.29) is 18.2 Å². The van der Waals surface area contributed by atoms with Crippen molar-refractivity contribution in [3.05, 3.63) is 47.7 Å². The highest BCUT2D eigenvalue weighted by Crippen LogP contribution is 2.23. The Morgan fingerprint density at radius 1 is 1.23 bits per heavy atom. The minimum atomic E-state index is -0.492. The van der Waals surface area contributed by atoms with Crippen molar-refractivity contribution in [2.24, 2.45) is 0 Å². The molecule has 2 aromatic heterocycles. The highest BCUT2D eigenvalue weighted by Gasteiger charge is 2.11. The zero-order chi connectivity index (χ0) is 18.5. The number of hydrogen-bond acceptors (Lipinski definition) is 7. The maximum Gasteiger partial charge on any atom is 0.316 e. The summed E-state index contributed by atoms with van der Waals surface area (Å²) in [7, 11) is 0. The molecule has 2 heterocycles. The van der Waals surface area contributed by atoms with E-state index in [0.29, 0.717) is 5.76 Å². The Balaban J connectivity index is 1.49. The third kappa shape index (κ3) is 4.60. The van der Waals surface area contributed by atoms with Gasteiger partial charge in [-0.2, -0.15) is 0 Å². The molecule has 134 valence electrons. The normalized spacial score (nSPS) is 10.7. The molecular formula is C18H17N3O4S. The number of aryl methyl sites for hydroxylation is 2. The number of carbonyl (C=O) groups is 2. The van der Waals surface area contributed by atoms with E-state index < -0.39 is 11.9 Å². The van der Waals surface area contributed by atoms with E-state index in [9.17, 15) is 9.59 Å². The van der Waals surface area contributed by atoms with Crippen molar-refractivity contribution in [1.29, 1.82) is 0 Å². The number of fused-ring (bicyclic) bond motifs is 1. The summed E-state index contributed by atoms with van der Waals surface area (Å²) in [5.41, 5.74) is 1.97. The molecule has 0 aliphatic heterocycles. The molecule has 0 saturated heterocycles. The third-order valence-electron chi connectivity index (χ3n) is 3.50. The van der Waals surface area contributed by atoms with Crippen LogP contribution in [0.5, 0.6) is 0 Å². The van der Waals surface area contributed by atoms with Gasteiger partial charge in [-0.25, -0.2) is 4.98 Å². The fourth-order valence-corrected chi connectivity index (χ4v) is 3.09. The maximum atomic E-state index is 11.8. The van der Waals surface area contributed by atoms with E-state index in [1.54, 1.807) is 13.0 Å². The number of esters is 1. The zero-order valence-corrected chi connectivity index (χ0v) is 15.1. The van der Waals surface area contributed by atoms with Crippen molar-refractivity contribution in [1.82, 2.24) is 10.1 Å². The Bertz CT molecular complexity index is 955. The molecule has 0 aliphatic carbocycles. The Morgan fingerprint density at radius 3 is 2.81 bits per heavy atom. The van der Waals surface area contributed by atoms with Crippen LogP contribution in [-0.2, 0) is 14.3 Å². The topological polar surface area (TPSA) is 94.3 Å². The average Bonchev–Trinajstić information content (AvgIpc) is 3.03. The molecule has 3 rings (SSSR count). The molecule has 0 aliphatic rings. The quantitative estimate of drug-likeness (QED) is 0.525. The van der Waals surface area contributed by atoms with Crippen molar-refractivity contribution in [2.75, 3.05) is 17.7 Å². The number of ether oxygens (including phenoxy) is 1. The van der Waals surface area contributed by atoms with E-state index in [1.165, 1.54) is 11.8 Å². The van der Waals surface area contributed by atoms with Crippen LogP contribution < -0.4 is 5.32 Å². The molecule has 0 fully saturated rings. The molecule has 0 saturated carbocycles. The number of rotatable bonds is 6. The zero-order valence-electron chi connectivity index (χ0n) is 14.3. The van der Waals surface area contributed by atoms with Gasteiger partial charge < -0.3 is 14.6 Å². The lowest BCUT2D eigenvalue weighted by Gasteiger charge is -2.07. The second-order valence-electron chi connectivity index (χ2n) is 5.61. The Labute approximate surface area is 154 Å². The number of carbonyl (C=O) groups excluding carboxylic acids is 2. The van der Waals surface area contributed by atoms with E-state index in [0.717, 1.165) is 21.5 Å². The van der Waals surface area contributed by atoms with Crippen LogP contribution in [0.4, 0.5) is 5.82 Å². The second kappa shape index (κ2) is 8.01. The number of anilines is 1. The van der Waals surface area contributed by atoms with Gasteiger partial charge in [-0.1, -0.05) is 35.1 Å². The molecule has 0 unspecified atom stereocenters. The number of para-hydroxylation sites is 1. The van der Waals surface area contributed by atoms with Crippen molar-refractivity contribution in [3.8, 4) is 0 Å². The van der Waals surface area contributed by atoms with Gasteiger partial charge >= 0.3 is 5.97 Å². The lowest BCUT2D eigenvalue weighted by molar-refractivity contribution is -0.144. The standard InChI is InChI=1S/C18H17N3O4S/c1-11-7-17(19-14-6-4-3-5-13(11)14)26-10-18(23)24-9-16(22)20-15-8-12(2)25-21-15/h3-8H,9-10H2,1-2H3,(H,20,21,22). The smallest absolute Gasteiger partial charge is 0.316 e. The monoisotopic (exact) mass is 371 g/mol. The van der Waals surface area contributed by atoms with Crippen molar-refractivity contribution < 1.29 is 18.8 Å². The SMILES string of the molecule is Cc1cc(NC(=O)COC(=O)CSc2cc(C)c3ccccc3n2)no1. The summed E-state index contributed by atoms with van der Waals surface area (Å²) in [5.74, 6) is -0.0349. The van der Waals surface area contributed by atoms with E-state index in [1.807, 2.05) is 37.3 Å². The molecule has 0 atom stereocenters. The predicted octanol–water partition coefficient (Wildman–Crippen LogP) is 3.11. The Morgan fingerprint density at radius 2 is 2.04 bits per heavy atom. The molecular weight excluding hydrogens is 354 g/mol. The van der Waals surface area contributed by atoms with Gasteiger partial charge in [0.1, 0.15) is 5.76 Å². The molecule has 1 amide bonds. The van der Waals surface area contributed by atoms with Gasteiger partial charge in [0.25, 0.3) is 5.91 Å². The predicted molar refractivity (Wildman–Crippen MR) is 98.0 cm³/mol. The molecule has 1 N–H and O–H groups in total. The highest BCUT2D eigenvalue weighted by atomic mass is 32.2. The molecule has 0 bridgehead atoms. The first-order valence-electron chi connectivity index (χ1n) is 7.89. The van der Waals surface area contributed by atoms with E-state index in [4.69, 9.17) is 9.26 Å². The summed E-state index contributed by atoms with van der Waals surface area (Å²) in [6.07, 6.45) is 0. The summed E-state index contributed by atoms with van der Waals surface area (Å²) in [4.78, 5) is 28.1. The second-order valence-corrected chi connectivity index (χ2v) is 6.61. The van der Waals surface area contributed by atoms with Gasteiger partial charge in [0.05, 0.1) is 16.3 Å². The summed E-state index contributed by atoms with van der Waals surface area (Å²) in [6.45, 7) is 3.33.